The zero-order valence-corrected chi connectivity index (χ0v) is 6.78. The van der Waals surface area contributed by atoms with Gasteiger partial charge in [0.2, 0.25) is 0 Å². The highest BCUT2D eigenvalue weighted by molar-refractivity contribution is 6.29. The van der Waals surface area contributed by atoms with Crippen molar-refractivity contribution in [1.29, 1.82) is 0 Å². The maximum Gasteiger partial charge on any atom is 0.320 e. The van der Waals surface area contributed by atoms with Crippen LogP contribution in [0.3, 0.4) is 0 Å². The predicted molar refractivity (Wildman–Crippen MR) is 42.5 cm³/mol. The lowest BCUT2D eigenvalue weighted by atomic mass is 10.2. The van der Waals surface area contributed by atoms with Crippen LogP contribution in [0.25, 0.3) is 0 Å². The molecule has 60 valence electrons. The van der Waals surface area contributed by atoms with Crippen molar-refractivity contribution in [3.8, 4) is 0 Å². The van der Waals surface area contributed by atoms with E-state index in [1.54, 1.807) is 0 Å². The van der Waals surface area contributed by atoms with E-state index in [2.05, 4.69) is 6.58 Å². The number of halogens is 2. The minimum absolute atomic E-state index is 0. The molecule has 3 N–H and O–H groups in total. The summed E-state index contributed by atoms with van der Waals surface area (Å²) in [5.74, 6) is -1.06. The molecule has 0 aliphatic heterocycles. The molecular formula is C5H9Cl2NO2. The average Bonchev–Trinajstić information content (AvgIpc) is 1.63. The predicted octanol–water partition coefficient (Wildman–Crippen LogP) is 0.963. The summed E-state index contributed by atoms with van der Waals surface area (Å²) in [6.45, 7) is 3.30. The minimum atomic E-state index is -1.06. The zero-order chi connectivity index (χ0) is 7.44. The van der Waals surface area contributed by atoms with Crippen molar-refractivity contribution in [2.75, 3.05) is 0 Å². The van der Waals surface area contributed by atoms with Gasteiger partial charge in [0, 0.05) is 11.5 Å². The van der Waals surface area contributed by atoms with Crippen molar-refractivity contribution in [3.05, 3.63) is 11.6 Å². The van der Waals surface area contributed by atoms with E-state index in [1.807, 2.05) is 0 Å². The molecule has 0 unspecified atom stereocenters. The number of hydrogen-bond donors (Lipinski definition) is 2. The molecule has 0 aromatic carbocycles. The second-order valence-corrected chi connectivity index (χ2v) is 2.20. The largest absolute Gasteiger partial charge is 0.480 e. The lowest BCUT2D eigenvalue weighted by molar-refractivity contribution is -0.138. The van der Waals surface area contributed by atoms with Crippen LogP contribution in [0.4, 0.5) is 0 Å². The summed E-state index contributed by atoms with van der Waals surface area (Å²) in [4.78, 5) is 10.0. The number of hydrogen-bond acceptors (Lipinski definition) is 2. The number of rotatable bonds is 3. The normalized spacial score (nSPS) is 11.4. The summed E-state index contributed by atoms with van der Waals surface area (Å²) in [7, 11) is 0. The first-order valence-corrected chi connectivity index (χ1v) is 2.73. The lowest BCUT2D eigenvalue weighted by Crippen LogP contribution is -2.29. The van der Waals surface area contributed by atoms with E-state index >= 15 is 0 Å². The van der Waals surface area contributed by atoms with Crippen LogP contribution in [0.5, 0.6) is 0 Å². The summed E-state index contributed by atoms with van der Waals surface area (Å²) < 4.78 is 0. The third-order valence-corrected chi connectivity index (χ3v) is 0.913. The van der Waals surface area contributed by atoms with Gasteiger partial charge in [0.05, 0.1) is 0 Å². The van der Waals surface area contributed by atoms with Gasteiger partial charge in [-0.2, -0.15) is 0 Å². The summed E-state index contributed by atoms with van der Waals surface area (Å²) in [5.41, 5.74) is 5.07. The van der Waals surface area contributed by atoms with Gasteiger partial charge in [-0.25, -0.2) is 0 Å². The van der Waals surface area contributed by atoms with Crippen molar-refractivity contribution < 1.29 is 9.90 Å². The second kappa shape index (κ2) is 5.53. The van der Waals surface area contributed by atoms with Crippen molar-refractivity contribution in [3.63, 3.8) is 0 Å². The molecule has 0 aliphatic rings. The van der Waals surface area contributed by atoms with Gasteiger partial charge in [0.15, 0.2) is 0 Å². The van der Waals surface area contributed by atoms with Crippen molar-refractivity contribution >= 4 is 30.0 Å². The smallest absolute Gasteiger partial charge is 0.320 e. The molecule has 0 saturated carbocycles. The third-order valence-electron chi connectivity index (χ3n) is 0.759. The Morgan fingerprint density at radius 3 is 2.30 bits per heavy atom. The van der Waals surface area contributed by atoms with Crippen molar-refractivity contribution in [2.24, 2.45) is 5.73 Å². The molecule has 5 heteroatoms. The molecule has 0 aliphatic carbocycles. The molecule has 0 bridgehead atoms. The highest BCUT2D eigenvalue weighted by Gasteiger charge is 2.10. The van der Waals surface area contributed by atoms with Crippen LogP contribution in [-0.2, 0) is 4.79 Å². The van der Waals surface area contributed by atoms with Crippen LogP contribution in [0.15, 0.2) is 11.6 Å². The van der Waals surface area contributed by atoms with Gasteiger partial charge in [-0.3, -0.25) is 4.79 Å². The van der Waals surface area contributed by atoms with Crippen LogP contribution in [0.2, 0.25) is 0 Å². The zero-order valence-electron chi connectivity index (χ0n) is 5.21. The number of nitrogens with two attached hydrogens (primary N) is 1. The van der Waals surface area contributed by atoms with Gasteiger partial charge in [0.25, 0.3) is 0 Å². The third kappa shape index (κ3) is 5.88. The molecule has 0 fully saturated rings. The first-order chi connectivity index (χ1) is 4.04. The fourth-order valence-corrected chi connectivity index (χ4v) is 0.492. The van der Waals surface area contributed by atoms with Gasteiger partial charge in [-0.05, 0) is 0 Å². The highest BCUT2D eigenvalue weighted by Crippen LogP contribution is 2.04. The number of carboxylic acids is 1. The minimum Gasteiger partial charge on any atom is -0.480 e. The second-order valence-electron chi connectivity index (χ2n) is 1.67. The Kier molecular flexibility index (Phi) is 6.87. The number of aliphatic carboxylic acids is 1. The Labute approximate surface area is 70.3 Å². The maximum absolute atomic E-state index is 10.0. The van der Waals surface area contributed by atoms with Crippen molar-refractivity contribution in [2.45, 2.75) is 12.5 Å². The fourth-order valence-electron chi connectivity index (χ4n) is 0.326. The van der Waals surface area contributed by atoms with Gasteiger partial charge in [-0.1, -0.05) is 18.2 Å². The molecule has 0 amide bonds. The SMILES string of the molecule is C=C(Cl)C[C@@H](N)C(=O)O.Cl. The molecule has 0 radical (unpaired) electrons. The highest BCUT2D eigenvalue weighted by atomic mass is 35.5. The van der Waals surface area contributed by atoms with Crippen LogP contribution in [0.1, 0.15) is 6.42 Å². The Hall–Kier alpha value is -0.250. The van der Waals surface area contributed by atoms with E-state index in [-0.39, 0.29) is 23.9 Å². The molecule has 10 heavy (non-hydrogen) atoms. The Bertz CT molecular complexity index is 138. The van der Waals surface area contributed by atoms with E-state index in [9.17, 15) is 4.79 Å². The van der Waals surface area contributed by atoms with Gasteiger partial charge in [-0.15, -0.1) is 12.4 Å². The van der Waals surface area contributed by atoms with E-state index in [0.29, 0.717) is 0 Å². The summed E-state index contributed by atoms with van der Waals surface area (Å²) in [6, 6.07) is -0.921. The molecule has 0 aromatic rings. The Balaban J connectivity index is 0. The van der Waals surface area contributed by atoms with Gasteiger partial charge >= 0.3 is 5.97 Å². The topological polar surface area (TPSA) is 63.3 Å². The maximum atomic E-state index is 10.0. The summed E-state index contributed by atoms with van der Waals surface area (Å²) in [5, 5.41) is 8.47. The molecule has 0 rings (SSSR count). The monoisotopic (exact) mass is 185 g/mol. The molecule has 0 aromatic heterocycles. The molecule has 1 atom stereocenters. The Morgan fingerprint density at radius 1 is 1.80 bits per heavy atom. The van der Waals surface area contributed by atoms with Gasteiger partial charge in [0.1, 0.15) is 6.04 Å². The lowest BCUT2D eigenvalue weighted by Gasteiger charge is -2.01. The Morgan fingerprint density at radius 2 is 2.20 bits per heavy atom. The van der Waals surface area contributed by atoms with E-state index < -0.39 is 12.0 Å². The first-order valence-electron chi connectivity index (χ1n) is 2.35. The molecule has 0 saturated heterocycles. The average molecular weight is 186 g/mol. The van der Waals surface area contributed by atoms with E-state index in [0.717, 1.165) is 0 Å². The first kappa shape index (κ1) is 12.4. The molecule has 0 heterocycles. The van der Waals surface area contributed by atoms with E-state index in [4.69, 9.17) is 22.4 Å². The van der Waals surface area contributed by atoms with E-state index in [1.165, 1.54) is 0 Å². The number of carboxylic acid groups (broad SMARTS) is 1. The van der Waals surface area contributed by atoms with Crippen LogP contribution < -0.4 is 5.73 Å². The van der Waals surface area contributed by atoms with Crippen molar-refractivity contribution in [1.82, 2.24) is 0 Å². The van der Waals surface area contributed by atoms with Crippen LogP contribution >= 0.6 is 24.0 Å². The summed E-state index contributed by atoms with van der Waals surface area (Å²) >= 11 is 5.28. The molecular weight excluding hydrogens is 177 g/mol. The molecule has 3 nitrogen and oxygen atoms in total. The summed E-state index contributed by atoms with van der Waals surface area (Å²) in [6.07, 6.45) is 0.122. The standard InChI is InChI=1S/C5H8ClNO2.ClH/c1-3(6)2-4(7)5(8)9;/h4H,1-2,7H2,(H,8,9);1H/t4-;/m1./s1. The van der Waals surface area contributed by atoms with Crippen LogP contribution in [0, 0.1) is 0 Å². The number of carbonyl (C=O) groups is 1. The fraction of sp³-hybridized carbons (Fsp3) is 0.400. The molecule has 0 spiro atoms. The van der Waals surface area contributed by atoms with Crippen LogP contribution in [-0.4, -0.2) is 17.1 Å². The van der Waals surface area contributed by atoms with Gasteiger partial charge < -0.3 is 10.8 Å². The quantitative estimate of drug-likeness (QED) is 0.689.